The Morgan fingerprint density at radius 1 is 1.40 bits per heavy atom. The van der Waals surface area contributed by atoms with Gasteiger partial charge >= 0.3 is 0 Å². The Kier molecular flexibility index (Phi) is 7.57. The monoisotopic (exact) mass is 249 g/mol. The summed E-state index contributed by atoms with van der Waals surface area (Å²) in [5, 5.41) is 3.97. The summed E-state index contributed by atoms with van der Waals surface area (Å²) in [5.41, 5.74) is 1.05. The number of likely N-dealkylation sites (N-methyl/N-ethyl adjacent to an activating group) is 1. The third-order valence-corrected chi connectivity index (χ3v) is 2.35. The van der Waals surface area contributed by atoms with E-state index in [1.165, 1.54) is 0 Å². The quantitative estimate of drug-likeness (QED) is 0.811. The molecule has 0 aliphatic carbocycles. The van der Waals surface area contributed by atoms with E-state index in [2.05, 4.69) is 12.2 Å². The zero-order valence-corrected chi connectivity index (χ0v) is 10.6. The van der Waals surface area contributed by atoms with Gasteiger partial charge in [0.1, 0.15) is 12.4 Å². The van der Waals surface area contributed by atoms with E-state index in [-0.39, 0.29) is 12.4 Å². The predicted octanol–water partition coefficient (Wildman–Crippen LogP) is 3.06. The standard InChI is InChI=1S/C11H16ClNO.ClH/c1-3-13-6-7-14-10-4-5-11(12)9(2)8-10;/h4-5,8,13H,3,6-7H2,1-2H3;1H. The molecule has 0 unspecified atom stereocenters. The van der Waals surface area contributed by atoms with Gasteiger partial charge in [-0.05, 0) is 37.2 Å². The number of rotatable bonds is 5. The van der Waals surface area contributed by atoms with E-state index in [4.69, 9.17) is 16.3 Å². The maximum atomic E-state index is 5.90. The minimum atomic E-state index is 0. The molecule has 0 spiro atoms. The predicted molar refractivity (Wildman–Crippen MR) is 67.5 cm³/mol. The summed E-state index contributed by atoms with van der Waals surface area (Å²) in [5.74, 6) is 0.879. The second-order valence-corrected chi connectivity index (χ2v) is 3.52. The Bertz CT molecular complexity index is 292. The maximum absolute atomic E-state index is 5.90. The van der Waals surface area contributed by atoms with Crippen molar-refractivity contribution in [3.05, 3.63) is 28.8 Å². The van der Waals surface area contributed by atoms with Crippen molar-refractivity contribution in [2.75, 3.05) is 19.7 Å². The molecule has 0 heterocycles. The van der Waals surface area contributed by atoms with Crippen LogP contribution in [0.4, 0.5) is 0 Å². The second-order valence-electron chi connectivity index (χ2n) is 3.11. The number of ether oxygens (including phenoxy) is 1. The molecule has 0 saturated heterocycles. The van der Waals surface area contributed by atoms with Crippen molar-refractivity contribution < 1.29 is 4.74 Å². The van der Waals surface area contributed by atoms with E-state index in [0.29, 0.717) is 6.61 Å². The van der Waals surface area contributed by atoms with Gasteiger partial charge in [-0.2, -0.15) is 0 Å². The average molecular weight is 250 g/mol. The molecule has 0 aliphatic rings. The second kappa shape index (κ2) is 7.80. The largest absolute Gasteiger partial charge is 0.492 e. The molecule has 0 fully saturated rings. The van der Waals surface area contributed by atoms with Crippen LogP contribution in [0, 0.1) is 6.92 Å². The van der Waals surface area contributed by atoms with Gasteiger partial charge in [0, 0.05) is 11.6 Å². The fourth-order valence-electron chi connectivity index (χ4n) is 1.12. The molecule has 0 atom stereocenters. The van der Waals surface area contributed by atoms with Crippen LogP contribution in [0.15, 0.2) is 18.2 Å². The smallest absolute Gasteiger partial charge is 0.119 e. The summed E-state index contributed by atoms with van der Waals surface area (Å²) in [4.78, 5) is 0. The third-order valence-electron chi connectivity index (χ3n) is 1.93. The first-order valence-electron chi connectivity index (χ1n) is 4.83. The zero-order valence-electron chi connectivity index (χ0n) is 9.05. The van der Waals surface area contributed by atoms with Crippen molar-refractivity contribution in [3.8, 4) is 5.75 Å². The number of hydrogen-bond donors (Lipinski definition) is 1. The first-order valence-corrected chi connectivity index (χ1v) is 5.21. The molecule has 86 valence electrons. The Morgan fingerprint density at radius 2 is 2.13 bits per heavy atom. The zero-order chi connectivity index (χ0) is 10.4. The summed E-state index contributed by atoms with van der Waals surface area (Å²) in [6.07, 6.45) is 0. The van der Waals surface area contributed by atoms with Crippen molar-refractivity contribution in [2.24, 2.45) is 0 Å². The van der Waals surface area contributed by atoms with Gasteiger partial charge in [0.25, 0.3) is 0 Å². The molecule has 1 rings (SSSR count). The van der Waals surface area contributed by atoms with Crippen LogP contribution in [0.25, 0.3) is 0 Å². The summed E-state index contributed by atoms with van der Waals surface area (Å²) in [6, 6.07) is 5.70. The molecule has 0 radical (unpaired) electrons. The Morgan fingerprint density at radius 3 is 2.73 bits per heavy atom. The van der Waals surface area contributed by atoms with E-state index in [1.54, 1.807) is 0 Å². The van der Waals surface area contributed by atoms with Gasteiger partial charge in [0.15, 0.2) is 0 Å². The van der Waals surface area contributed by atoms with Crippen LogP contribution in [-0.4, -0.2) is 19.7 Å². The van der Waals surface area contributed by atoms with Gasteiger partial charge < -0.3 is 10.1 Å². The van der Waals surface area contributed by atoms with Crippen LogP contribution in [-0.2, 0) is 0 Å². The van der Waals surface area contributed by atoms with Gasteiger partial charge in [0.05, 0.1) is 0 Å². The molecular weight excluding hydrogens is 233 g/mol. The molecule has 0 aromatic heterocycles. The van der Waals surface area contributed by atoms with Crippen molar-refractivity contribution >= 4 is 24.0 Å². The van der Waals surface area contributed by atoms with Gasteiger partial charge in [0.2, 0.25) is 0 Å². The summed E-state index contributed by atoms with van der Waals surface area (Å²) < 4.78 is 5.52. The average Bonchev–Trinajstić information content (AvgIpc) is 2.18. The van der Waals surface area contributed by atoms with E-state index >= 15 is 0 Å². The molecule has 1 aromatic carbocycles. The molecule has 1 N–H and O–H groups in total. The number of nitrogens with one attached hydrogen (secondary N) is 1. The van der Waals surface area contributed by atoms with E-state index < -0.39 is 0 Å². The lowest BCUT2D eigenvalue weighted by atomic mass is 10.2. The van der Waals surface area contributed by atoms with Crippen molar-refractivity contribution in [3.63, 3.8) is 0 Å². The topological polar surface area (TPSA) is 21.3 Å². The lowest BCUT2D eigenvalue weighted by Gasteiger charge is -2.07. The lowest BCUT2D eigenvalue weighted by Crippen LogP contribution is -2.20. The molecule has 15 heavy (non-hydrogen) atoms. The van der Waals surface area contributed by atoms with Crippen LogP contribution < -0.4 is 10.1 Å². The molecule has 1 aromatic rings. The number of benzene rings is 1. The highest BCUT2D eigenvalue weighted by atomic mass is 35.5. The first-order chi connectivity index (χ1) is 6.74. The lowest BCUT2D eigenvalue weighted by molar-refractivity contribution is 0.315. The highest BCUT2D eigenvalue weighted by molar-refractivity contribution is 6.31. The fourth-order valence-corrected chi connectivity index (χ4v) is 1.24. The Hall–Kier alpha value is -0.440. The van der Waals surface area contributed by atoms with Crippen LogP contribution in [0.1, 0.15) is 12.5 Å². The van der Waals surface area contributed by atoms with E-state index in [0.717, 1.165) is 29.4 Å². The molecule has 2 nitrogen and oxygen atoms in total. The Labute approximate surface area is 102 Å². The fraction of sp³-hybridized carbons (Fsp3) is 0.455. The highest BCUT2D eigenvalue weighted by Crippen LogP contribution is 2.20. The number of halogens is 2. The van der Waals surface area contributed by atoms with Crippen LogP contribution in [0.3, 0.4) is 0 Å². The molecule has 0 saturated carbocycles. The number of aryl methyl sites for hydroxylation is 1. The highest BCUT2D eigenvalue weighted by Gasteiger charge is 1.97. The molecular formula is C11H17Cl2NO. The van der Waals surface area contributed by atoms with Gasteiger partial charge in [-0.15, -0.1) is 12.4 Å². The van der Waals surface area contributed by atoms with Crippen LogP contribution in [0.5, 0.6) is 5.75 Å². The maximum Gasteiger partial charge on any atom is 0.119 e. The van der Waals surface area contributed by atoms with Crippen LogP contribution in [0.2, 0.25) is 5.02 Å². The van der Waals surface area contributed by atoms with E-state index in [1.807, 2.05) is 25.1 Å². The van der Waals surface area contributed by atoms with Crippen molar-refractivity contribution in [2.45, 2.75) is 13.8 Å². The first kappa shape index (κ1) is 14.6. The van der Waals surface area contributed by atoms with Crippen molar-refractivity contribution in [1.29, 1.82) is 0 Å². The van der Waals surface area contributed by atoms with Gasteiger partial charge in [-0.1, -0.05) is 18.5 Å². The Balaban J connectivity index is 0.00000196. The van der Waals surface area contributed by atoms with Gasteiger partial charge in [-0.25, -0.2) is 0 Å². The van der Waals surface area contributed by atoms with Crippen LogP contribution >= 0.6 is 24.0 Å². The van der Waals surface area contributed by atoms with E-state index in [9.17, 15) is 0 Å². The molecule has 4 heteroatoms. The number of hydrogen-bond acceptors (Lipinski definition) is 2. The molecule has 0 aliphatic heterocycles. The summed E-state index contributed by atoms with van der Waals surface area (Å²) in [7, 11) is 0. The van der Waals surface area contributed by atoms with Crippen molar-refractivity contribution in [1.82, 2.24) is 5.32 Å². The minimum absolute atomic E-state index is 0. The SMILES string of the molecule is CCNCCOc1ccc(Cl)c(C)c1.Cl. The molecule has 0 bridgehead atoms. The summed E-state index contributed by atoms with van der Waals surface area (Å²) in [6.45, 7) is 6.59. The minimum Gasteiger partial charge on any atom is -0.492 e. The normalized spacial score (nSPS) is 9.53. The summed E-state index contributed by atoms with van der Waals surface area (Å²) >= 11 is 5.90. The third kappa shape index (κ3) is 5.26. The van der Waals surface area contributed by atoms with Gasteiger partial charge in [-0.3, -0.25) is 0 Å². The molecule has 0 amide bonds.